The molecule has 1 aliphatic rings. The predicted octanol–water partition coefficient (Wildman–Crippen LogP) is 2.56. The van der Waals surface area contributed by atoms with E-state index in [1.807, 2.05) is 18.2 Å². The molecular formula is C14H14ClNO2. The molecule has 0 bridgehead atoms. The van der Waals surface area contributed by atoms with Gasteiger partial charge in [-0.1, -0.05) is 23.7 Å². The van der Waals surface area contributed by atoms with Gasteiger partial charge in [-0.3, -0.25) is 4.79 Å². The first-order valence-electron chi connectivity index (χ1n) is 5.85. The number of aliphatic imine (C=N–C) groups is 1. The summed E-state index contributed by atoms with van der Waals surface area (Å²) in [6, 6.07) is 7.46. The van der Waals surface area contributed by atoms with E-state index >= 15 is 0 Å². The number of nitrogens with zero attached hydrogens (tertiary/aromatic N) is 1. The average molecular weight is 264 g/mol. The van der Waals surface area contributed by atoms with Crippen LogP contribution in [0.5, 0.6) is 0 Å². The van der Waals surface area contributed by atoms with Crippen LogP contribution in [0.25, 0.3) is 0 Å². The summed E-state index contributed by atoms with van der Waals surface area (Å²) in [5.74, 6) is -0.214. The van der Waals surface area contributed by atoms with Gasteiger partial charge in [-0.05, 0) is 43.0 Å². The van der Waals surface area contributed by atoms with Crippen LogP contribution in [-0.4, -0.2) is 22.8 Å². The van der Waals surface area contributed by atoms with Crippen LogP contribution in [0.1, 0.15) is 18.4 Å². The summed E-state index contributed by atoms with van der Waals surface area (Å²) in [6.45, 7) is 0. The third-order valence-electron chi connectivity index (χ3n) is 2.77. The third-order valence-corrected chi connectivity index (χ3v) is 3.00. The number of carbonyl (C=O) groups excluding carboxylic acids is 1. The largest absolute Gasteiger partial charge is 0.393 e. The smallest absolute Gasteiger partial charge is 0.269 e. The molecule has 18 heavy (non-hydrogen) atoms. The predicted molar refractivity (Wildman–Crippen MR) is 72.0 cm³/mol. The highest BCUT2D eigenvalue weighted by Gasteiger charge is 2.10. The highest BCUT2D eigenvalue weighted by molar-refractivity contribution is 6.30. The topological polar surface area (TPSA) is 49.7 Å². The molecule has 1 heterocycles. The lowest BCUT2D eigenvalue weighted by molar-refractivity contribution is -0.113. The van der Waals surface area contributed by atoms with Crippen molar-refractivity contribution in [3.8, 4) is 0 Å². The number of rotatable bonds is 5. The van der Waals surface area contributed by atoms with Crippen molar-refractivity contribution in [2.24, 2.45) is 4.99 Å². The van der Waals surface area contributed by atoms with E-state index in [0.29, 0.717) is 24.3 Å². The minimum Gasteiger partial charge on any atom is -0.393 e. The summed E-state index contributed by atoms with van der Waals surface area (Å²) < 4.78 is 0. The molecule has 1 aromatic carbocycles. The zero-order valence-electron chi connectivity index (χ0n) is 9.84. The van der Waals surface area contributed by atoms with Crippen LogP contribution in [0.4, 0.5) is 0 Å². The number of amides is 1. The lowest BCUT2D eigenvalue weighted by atomic mass is 10.0. The first-order valence-corrected chi connectivity index (χ1v) is 6.23. The Labute approximate surface area is 111 Å². The molecule has 1 N–H and O–H groups in total. The molecule has 1 atom stereocenters. The summed E-state index contributed by atoms with van der Waals surface area (Å²) in [5.41, 5.74) is 1.75. The van der Waals surface area contributed by atoms with Gasteiger partial charge in [-0.25, -0.2) is 4.99 Å². The number of benzene rings is 1. The first-order chi connectivity index (χ1) is 8.63. The maximum absolute atomic E-state index is 10.9. The van der Waals surface area contributed by atoms with Crippen molar-refractivity contribution in [3.63, 3.8) is 0 Å². The fourth-order valence-electron chi connectivity index (χ4n) is 1.88. The van der Waals surface area contributed by atoms with E-state index in [4.69, 9.17) is 11.6 Å². The Kier molecular flexibility index (Phi) is 4.28. The summed E-state index contributed by atoms with van der Waals surface area (Å²) in [4.78, 5) is 14.7. The quantitative estimate of drug-likeness (QED) is 0.888. The summed E-state index contributed by atoms with van der Waals surface area (Å²) in [6.07, 6.45) is 4.46. The molecule has 1 aromatic rings. The molecule has 0 spiro atoms. The second kappa shape index (κ2) is 5.94. The molecule has 1 amide bonds. The van der Waals surface area contributed by atoms with E-state index in [-0.39, 0.29) is 5.91 Å². The molecule has 1 aliphatic heterocycles. The molecule has 0 aromatic heterocycles. The zero-order chi connectivity index (χ0) is 13.0. The molecule has 0 radical (unpaired) electrons. The van der Waals surface area contributed by atoms with Gasteiger partial charge in [0.05, 0.1) is 6.10 Å². The maximum Gasteiger partial charge on any atom is 0.269 e. The van der Waals surface area contributed by atoms with Crippen LogP contribution in [-0.2, 0) is 11.2 Å². The summed E-state index contributed by atoms with van der Waals surface area (Å²) in [7, 11) is 0. The van der Waals surface area contributed by atoms with E-state index in [1.54, 1.807) is 12.1 Å². The van der Waals surface area contributed by atoms with Gasteiger partial charge >= 0.3 is 0 Å². The van der Waals surface area contributed by atoms with Crippen molar-refractivity contribution < 1.29 is 9.90 Å². The van der Waals surface area contributed by atoms with Crippen LogP contribution >= 0.6 is 11.6 Å². The van der Waals surface area contributed by atoms with Crippen LogP contribution in [0, 0.1) is 0 Å². The highest BCUT2D eigenvalue weighted by Crippen LogP contribution is 2.14. The molecule has 94 valence electrons. The van der Waals surface area contributed by atoms with Crippen LogP contribution < -0.4 is 0 Å². The summed E-state index contributed by atoms with van der Waals surface area (Å²) in [5, 5.41) is 10.6. The average Bonchev–Trinajstić information content (AvgIpc) is 2.73. The number of aliphatic hydroxyl groups excluding tert-OH is 1. The fourth-order valence-corrected chi connectivity index (χ4v) is 2.09. The molecular weight excluding hydrogens is 250 g/mol. The van der Waals surface area contributed by atoms with Crippen LogP contribution in [0.2, 0.25) is 5.02 Å². The van der Waals surface area contributed by atoms with Crippen molar-refractivity contribution in [2.45, 2.75) is 25.4 Å². The van der Waals surface area contributed by atoms with E-state index in [0.717, 1.165) is 11.3 Å². The Balaban J connectivity index is 1.82. The molecule has 0 aliphatic carbocycles. The minimum absolute atomic E-state index is 0.214. The normalized spacial score (nSPS) is 15.9. The number of aliphatic hydroxyl groups is 1. The number of carbonyl (C=O) groups is 1. The Morgan fingerprint density at radius 3 is 2.83 bits per heavy atom. The van der Waals surface area contributed by atoms with E-state index in [2.05, 4.69) is 4.99 Å². The molecule has 2 rings (SSSR count). The molecule has 1 unspecified atom stereocenters. The second-order valence-corrected chi connectivity index (χ2v) is 4.74. The minimum atomic E-state index is -0.449. The third kappa shape index (κ3) is 3.79. The fraction of sp³-hybridized carbons (Fsp3) is 0.286. The standard InChI is InChI=1S/C14H14ClNO2/c15-11-3-1-2-10(8-11)9-13(17)6-4-12-5-7-14(18)16-12/h1-3,5,7-8,13,17H,4,6,9H2. The Bertz CT molecular complexity index is 508. The van der Waals surface area contributed by atoms with E-state index in [1.165, 1.54) is 6.08 Å². The van der Waals surface area contributed by atoms with Crippen LogP contribution in [0.3, 0.4) is 0 Å². The molecule has 0 saturated heterocycles. The van der Waals surface area contributed by atoms with Gasteiger partial charge in [0.15, 0.2) is 0 Å². The Hall–Kier alpha value is -1.45. The lowest BCUT2D eigenvalue weighted by Gasteiger charge is -2.10. The SMILES string of the molecule is O=C1C=CC(CCC(O)Cc2cccc(Cl)c2)=N1. The molecule has 0 saturated carbocycles. The van der Waals surface area contributed by atoms with Gasteiger partial charge in [-0.15, -0.1) is 0 Å². The maximum atomic E-state index is 10.9. The van der Waals surface area contributed by atoms with E-state index in [9.17, 15) is 9.90 Å². The highest BCUT2D eigenvalue weighted by atomic mass is 35.5. The first kappa shape index (κ1) is 13.0. The van der Waals surface area contributed by atoms with Crippen molar-refractivity contribution >= 4 is 23.2 Å². The number of hydrogen-bond donors (Lipinski definition) is 1. The van der Waals surface area contributed by atoms with E-state index < -0.39 is 6.10 Å². The summed E-state index contributed by atoms with van der Waals surface area (Å²) >= 11 is 5.88. The number of hydrogen-bond acceptors (Lipinski definition) is 2. The zero-order valence-corrected chi connectivity index (χ0v) is 10.6. The van der Waals surface area contributed by atoms with Crippen molar-refractivity contribution in [2.75, 3.05) is 0 Å². The van der Waals surface area contributed by atoms with Crippen molar-refractivity contribution in [1.29, 1.82) is 0 Å². The van der Waals surface area contributed by atoms with Gasteiger partial charge in [-0.2, -0.15) is 0 Å². The second-order valence-electron chi connectivity index (χ2n) is 4.30. The van der Waals surface area contributed by atoms with Crippen molar-refractivity contribution in [1.82, 2.24) is 0 Å². The Morgan fingerprint density at radius 1 is 1.33 bits per heavy atom. The van der Waals surface area contributed by atoms with Gasteiger partial charge in [0.1, 0.15) is 0 Å². The number of halogens is 1. The molecule has 3 nitrogen and oxygen atoms in total. The van der Waals surface area contributed by atoms with Gasteiger partial charge in [0.25, 0.3) is 5.91 Å². The Morgan fingerprint density at radius 2 is 2.17 bits per heavy atom. The van der Waals surface area contributed by atoms with Gasteiger partial charge < -0.3 is 5.11 Å². The molecule has 0 fully saturated rings. The van der Waals surface area contributed by atoms with Crippen LogP contribution in [0.15, 0.2) is 41.4 Å². The van der Waals surface area contributed by atoms with Crippen molar-refractivity contribution in [3.05, 3.63) is 47.0 Å². The lowest BCUT2D eigenvalue weighted by Crippen LogP contribution is -2.12. The molecule has 4 heteroatoms. The number of allylic oxidation sites excluding steroid dienone is 1. The monoisotopic (exact) mass is 263 g/mol. The van der Waals surface area contributed by atoms with Gasteiger partial charge in [0.2, 0.25) is 0 Å². The van der Waals surface area contributed by atoms with Gasteiger partial charge in [0, 0.05) is 16.8 Å².